The first-order valence-electron chi connectivity index (χ1n) is 18.1. The number of nitrogens with one attached hydrogen (secondary N) is 1. The van der Waals surface area contributed by atoms with Gasteiger partial charge < -0.3 is 40.3 Å². The zero-order valence-corrected chi connectivity index (χ0v) is 28.4. The average molecular weight is 642 g/mol. The van der Waals surface area contributed by atoms with E-state index in [9.17, 15) is 30.3 Å². The number of ether oxygens (including phenoxy) is 2. The average Bonchev–Trinajstić information content (AvgIpc) is 3.03. The molecule has 0 aromatic rings. The van der Waals surface area contributed by atoms with Gasteiger partial charge in [-0.2, -0.15) is 0 Å². The van der Waals surface area contributed by atoms with Crippen LogP contribution in [0.25, 0.3) is 0 Å². The lowest BCUT2D eigenvalue weighted by Gasteiger charge is -2.40. The summed E-state index contributed by atoms with van der Waals surface area (Å²) in [6, 6.07) is -0.812. The molecule has 0 aliphatic carbocycles. The summed E-state index contributed by atoms with van der Waals surface area (Å²) in [6.45, 7) is 3.63. The summed E-state index contributed by atoms with van der Waals surface area (Å²) in [4.78, 5) is 12.6. The van der Waals surface area contributed by atoms with Gasteiger partial charge in [-0.3, -0.25) is 4.79 Å². The predicted octanol–water partition coefficient (Wildman–Crippen LogP) is 5.60. The van der Waals surface area contributed by atoms with Crippen LogP contribution in [0, 0.1) is 0 Å². The number of amides is 1. The van der Waals surface area contributed by atoms with E-state index in [0.29, 0.717) is 6.42 Å². The van der Waals surface area contributed by atoms with Crippen LogP contribution in [-0.4, -0.2) is 87.5 Å². The van der Waals surface area contributed by atoms with Gasteiger partial charge in [0.25, 0.3) is 0 Å². The summed E-state index contributed by atoms with van der Waals surface area (Å²) in [5, 5.41) is 53.5. The number of unbranched alkanes of at least 4 members (excludes halogenated alkanes) is 16. The Morgan fingerprint density at radius 2 is 1.27 bits per heavy atom. The van der Waals surface area contributed by atoms with Crippen molar-refractivity contribution < 1.29 is 39.8 Å². The molecule has 7 unspecified atom stereocenters. The third-order valence-electron chi connectivity index (χ3n) is 8.53. The number of aliphatic hydroxyl groups excluding tert-OH is 5. The lowest BCUT2D eigenvalue weighted by atomic mass is 9.99. The smallest absolute Gasteiger partial charge is 0.220 e. The predicted molar refractivity (Wildman–Crippen MR) is 180 cm³/mol. The second-order valence-corrected chi connectivity index (χ2v) is 12.7. The number of carbonyl (C=O) groups excluding carboxylic acids is 1. The SMILES string of the molecule is CCCCCCCCCCCCC/C=C/CC/C=C/C(O)C(COC1OC(CO)C(O)C(O)C1O)NC(=O)CCCCCCC. The Morgan fingerprint density at radius 3 is 1.87 bits per heavy atom. The van der Waals surface area contributed by atoms with E-state index in [1.54, 1.807) is 6.08 Å². The number of hydrogen-bond acceptors (Lipinski definition) is 8. The van der Waals surface area contributed by atoms with E-state index >= 15 is 0 Å². The Hall–Kier alpha value is -1.33. The van der Waals surface area contributed by atoms with Crippen molar-refractivity contribution in [3.8, 4) is 0 Å². The van der Waals surface area contributed by atoms with Crippen LogP contribution in [0.2, 0.25) is 0 Å². The molecule has 45 heavy (non-hydrogen) atoms. The maximum atomic E-state index is 12.6. The quantitative estimate of drug-likeness (QED) is 0.0478. The number of aliphatic hydroxyl groups is 5. The Kier molecular flexibility index (Phi) is 25.7. The van der Waals surface area contributed by atoms with Crippen LogP contribution in [0.15, 0.2) is 24.3 Å². The topological polar surface area (TPSA) is 149 Å². The lowest BCUT2D eigenvalue weighted by molar-refractivity contribution is -0.302. The van der Waals surface area contributed by atoms with Gasteiger partial charge >= 0.3 is 0 Å². The van der Waals surface area contributed by atoms with Crippen LogP contribution in [0.4, 0.5) is 0 Å². The summed E-state index contributed by atoms with van der Waals surface area (Å²) in [6.07, 6.45) is 22.7. The molecule has 0 aromatic heterocycles. The van der Waals surface area contributed by atoms with E-state index in [0.717, 1.165) is 51.4 Å². The summed E-state index contributed by atoms with van der Waals surface area (Å²) in [5.41, 5.74) is 0. The largest absolute Gasteiger partial charge is 0.394 e. The van der Waals surface area contributed by atoms with E-state index in [-0.39, 0.29) is 12.5 Å². The van der Waals surface area contributed by atoms with Gasteiger partial charge in [0, 0.05) is 6.42 Å². The molecule has 0 aromatic carbocycles. The minimum absolute atomic E-state index is 0.200. The molecule has 6 N–H and O–H groups in total. The third kappa shape index (κ3) is 19.8. The van der Waals surface area contributed by atoms with Gasteiger partial charge in [0.1, 0.15) is 24.4 Å². The van der Waals surface area contributed by atoms with Gasteiger partial charge in [0.15, 0.2) is 6.29 Å². The van der Waals surface area contributed by atoms with Crippen LogP contribution in [-0.2, 0) is 14.3 Å². The standard InChI is InChI=1S/C36H67NO8/c1-3-5-7-9-10-11-12-13-14-15-16-17-18-19-20-22-23-25-30(39)29(37-32(40)26-24-21-8-6-4-2)28-44-36-35(43)34(42)33(41)31(27-38)45-36/h18-19,23,25,29-31,33-36,38-39,41-43H,3-17,20-22,24,26-28H2,1-2H3,(H,37,40)/b19-18+,25-23+. The van der Waals surface area contributed by atoms with Crippen molar-refractivity contribution in [3.63, 3.8) is 0 Å². The van der Waals surface area contributed by atoms with Gasteiger partial charge in [0.2, 0.25) is 5.91 Å². The molecule has 1 heterocycles. The fourth-order valence-corrected chi connectivity index (χ4v) is 5.52. The summed E-state index contributed by atoms with van der Waals surface area (Å²) < 4.78 is 11.1. The van der Waals surface area contributed by atoms with E-state index in [2.05, 4.69) is 31.3 Å². The van der Waals surface area contributed by atoms with E-state index < -0.39 is 49.5 Å². The van der Waals surface area contributed by atoms with Crippen molar-refractivity contribution in [1.82, 2.24) is 5.32 Å². The van der Waals surface area contributed by atoms with Crippen molar-refractivity contribution >= 4 is 5.91 Å². The Labute approximate surface area is 273 Å². The second kappa shape index (κ2) is 27.8. The molecule has 1 aliphatic rings. The zero-order valence-electron chi connectivity index (χ0n) is 28.4. The molecule has 1 rings (SSSR count). The Morgan fingerprint density at radius 1 is 0.733 bits per heavy atom. The van der Waals surface area contributed by atoms with Gasteiger partial charge in [-0.1, -0.05) is 128 Å². The first-order chi connectivity index (χ1) is 21.8. The highest BCUT2D eigenvalue weighted by Gasteiger charge is 2.44. The van der Waals surface area contributed by atoms with Gasteiger partial charge in [0.05, 0.1) is 25.4 Å². The molecule has 264 valence electrons. The van der Waals surface area contributed by atoms with Crippen molar-refractivity contribution in [2.24, 2.45) is 0 Å². The number of carbonyl (C=O) groups is 1. The molecule has 0 bridgehead atoms. The molecule has 1 aliphatic heterocycles. The molecule has 1 amide bonds. The van der Waals surface area contributed by atoms with Crippen molar-refractivity contribution in [2.45, 2.75) is 185 Å². The minimum atomic E-state index is -1.56. The van der Waals surface area contributed by atoms with Gasteiger partial charge in [-0.25, -0.2) is 0 Å². The van der Waals surface area contributed by atoms with Crippen LogP contribution >= 0.6 is 0 Å². The second-order valence-electron chi connectivity index (χ2n) is 12.7. The maximum absolute atomic E-state index is 12.6. The highest BCUT2D eigenvalue weighted by molar-refractivity contribution is 5.76. The summed E-state index contributed by atoms with van der Waals surface area (Å²) >= 11 is 0. The van der Waals surface area contributed by atoms with Crippen LogP contribution in [0.5, 0.6) is 0 Å². The van der Waals surface area contributed by atoms with Crippen molar-refractivity contribution in [2.75, 3.05) is 13.2 Å². The molecule has 1 saturated heterocycles. The zero-order chi connectivity index (χ0) is 33.1. The van der Waals surface area contributed by atoms with Crippen LogP contribution in [0.3, 0.4) is 0 Å². The van der Waals surface area contributed by atoms with E-state index in [1.165, 1.54) is 70.6 Å². The van der Waals surface area contributed by atoms with E-state index in [4.69, 9.17) is 9.47 Å². The Bertz CT molecular complexity index is 761. The maximum Gasteiger partial charge on any atom is 0.220 e. The van der Waals surface area contributed by atoms with Crippen LogP contribution < -0.4 is 5.32 Å². The molecule has 7 atom stereocenters. The highest BCUT2D eigenvalue weighted by Crippen LogP contribution is 2.22. The molecule has 9 heteroatoms. The summed E-state index contributed by atoms with van der Waals surface area (Å²) in [7, 11) is 0. The number of hydrogen-bond donors (Lipinski definition) is 6. The third-order valence-corrected chi connectivity index (χ3v) is 8.53. The molecule has 0 saturated carbocycles. The fourth-order valence-electron chi connectivity index (χ4n) is 5.52. The highest BCUT2D eigenvalue weighted by atomic mass is 16.7. The first-order valence-corrected chi connectivity index (χ1v) is 18.1. The van der Waals surface area contributed by atoms with Gasteiger partial charge in [-0.15, -0.1) is 0 Å². The van der Waals surface area contributed by atoms with Gasteiger partial charge in [-0.05, 0) is 32.1 Å². The molecular weight excluding hydrogens is 574 g/mol. The normalized spacial score (nSPS) is 23.6. The minimum Gasteiger partial charge on any atom is -0.394 e. The molecule has 0 spiro atoms. The summed E-state index contributed by atoms with van der Waals surface area (Å²) in [5.74, 6) is -0.202. The van der Waals surface area contributed by atoms with E-state index in [1.807, 2.05) is 6.08 Å². The lowest BCUT2D eigenvalue weighted by Crippen LogP contribution is -2.60. The molecule has 9 nitrogen and oxygen atoms in total. The molecular formula is C36H67NO8. The van der Waals surface area contributed by atoms with Crippen molar-refractivity contribution in [1.29, 1.82) is 0 Å². The first kappa shape index (κ1) is 41.7. The molecule has 1 fully saturated rings. The fraction of sp³-hybridized carbons (Fsp3) is 0.861. The Balaban J connectivity index is 2.42. The number of allylic oxidation sites excluding steroid dienone is 3. The van der Waals surface area contributed by atoms with Crippen LogP contribution in [0.1, 0.15) is 142 Å². The van der Waals surface area contributed by atoms with Crippen molar-refractivity contribution in [3.05, 3.63) is 24.3 Å². The monoisotopic (exact) mass is 641 g/mol. The molecule has 0 radical (unpaired) electrons. The number of rotatable bonds is 28.